The fourth-order valence-corrected chi connectivity index (χ4v) is 3.84. The fourth-order valence-electron chi connectivity index (χ4n) is 2.62. The predicted octanol–water partition coefficient (Wildman–Crippen LogP) is 5.92. The summed E-state index contributed by atoms with van der Waals surface area (Å²) < 4.78 is 0.438. The molecular formula is C23H20N2OS2. The minimum Gasteiger partial charge on any atom is -0.266 e. The smallest absolute Gasteiger partial charge is 0.266 e. The van der Waals surface area contributed by atoms with Gasteiger partial charge in [-0.3, -0.25) is 4.79 Å². The molecule has 1 aliphatic rings. The molecule has 1 saturated heterocycles. The highest BCUT2D eigenvalue weighted by Crippen LogP contribution is 2.32. The third kappa shape index (κ3) is 5.38. The van der Waals surface area contributed by atoms with E-state index in [1.807, 2.05) is 92.7 Å². The molecule has 1 aliphatic heterocycles. The molecule has 0 bridgehead atoms. The lowest BCUT2D eigenvalue weighted by Crippen LogP contribution is -2.22. The Morgan fingerprint density at radius 2 is 1.46 bits per heavy atom. The van der Waals surface area contributed by atoms with E-state index in [0.29, 0.717) is 9.23 Å². The first-order valence-electron chi connectivity index (χ1n) is 8.81. The van der Waals surface area contributed by atoms with E-state index in [0.717, 1.165) is 22.3 Å². The van der Waals surface area contributed by atoms with Gasteiger partial charge in [-0.25, -0.2) is 0 Å². The van der Waals surface area contributed by atoms with Crippen LogP contribution in [0.3, 0.4) is 0 Å². The van der Waals surface area contributed by atoms with Crippen LogP contribution in [-0.2, 0) is 4.79 Å². The number of hydrogen-bond donors (Lipinski definition) is 0. The lowest BCUT2D eigenvalue weighted by atomic mass is 10.1. The van der Waals surface area contributed by atoms with Crippen molar-refractivity contribution in [1.29, 1.82) is 0 Å². The number of amides is 1. The molecule has 1 amide bonds. The second-order valence-corrected chi connectivity index (χ2v) is 8.01. The SMILES string of the molecule is CC(/C=N\N1C(=O)/C(=C\C(C)=C\c2ccccc2)SC1=S)=C\c1ccccc1. The van der Waals surface area contributed by atoms with Gasteiger partial charge in [-0.05, 0) is 54.4 Å². The van der Waals surface area contributed by atoms with Crippen LogP contribution in [0.2, 0.25) is 0 Å². The number of nitrogens with zero attached hydrogens (tertiary/aromatic N) is 2. The van der Waals surface area contributed by atoms with Gasteiger partial charge in [0.1, 0.15) is 0 Å². The number of hydrogen-bond acceptors (Lipinski definition) is 4. The van der Waals surface area contributed by atoms with Crippen LogP contribution in [-0.4, -0.2) is 21.5 Å². The molecule has 0 aliphatic carbocycles. The van der Waals surface area contributed by atoms with Crippen LogP contribution in [0.5, 0.6) is 0 Å². The van der Waals surface area contributed by atoms with Crippen LogP contribution in [0.25, 0.3) is 12.2 Å². The van der Waals surface area contributed by atoms with Crippen LogP contribution in [0.1, 0.15) is 25.0 Å². The van der Waals surface area contributed by atoms with Crippen molar-refractivity contribution in [1.82, 2.24) is 5.01 Å². The Labute approximate surface area is 175 Å². The highest BCUT2D eigenvalue weighted by molar-refractivity contribution is 8.26. The molecule has 28 heavy (non-hydrogen) atoms. The monoisotopic (exact) mass is 404 g/mol. The van der Waals surface area contributed by atoms with Crippen LogP contribution in [0, 0.1) is 0 Å². The van der Waals surface area contributed by atoms with Crippen molar-refractivity contribution in [3.05, 3.63) is 93.9 Å². The normalized spacial score (nSPS) is 17.2. The molecule has 3 rings (SSSR count). The summed E-state index contributed by atoms with van der Waals surface area (Å²) in [4.78, 5) is 13.2. The third-order valence-electron chi connectivity index (χ3n) is 3.90. The van der Waals surface area contributed by atoms with E-state index < -0.39 is 0 Å². The second-order valence-electron chi connectivity index (χ2n) is 6.34. The molecule has 1 fully saturated rings. The van der Waals surface area contributed by atoms with Gasteiger partial charge in [-0.1, -0.05) is 84.6 Å². The Kier molecular flexibility index (Phi) is 6.74. The van der Waals surface area contributed by atoms with E-state index in [-0.39, 0.29) is 5.91 Å². The van der Waals surface area contributed by atoms with E-state index in [1.165, 1.54) is 16.8 Å². The molecule has 5 heteroatoms. The quantitative estimate of drug-likeness (QED) is 0.352. The maximum Gasteiger partial charge on any atom is 0.286 e. The van der Waals surface area contributed by atoms with Gasteiger partial charge in [-0.2, -0.15) is 10.1 Å². The van der Waals surface area contributed by atoms with Crippen molar-refractivity contribution >= 4 is 52.6 Å². The first-order chi connectivity index (χ1) is 13.5. The van der Waals surface area contributed by atoms with Gasteiger partial charge in [0, 0.05) is 0 Å². The van der Waals surface area contributed by atoms with Crippen molar-refractivity contribution in [3.63, 3.8) is 0 Å². The lowest BCUT2D eigenvalue weighted by molar-refractivity contribution is -0.122. The maximum atomic E-state index is 12.7. The molecule has 0 saturated carbocycles. The number of carbonyl (C=O) groups is 1. The largest absolute Gasteiger partial charge is 0.286 e. The van der Waals surface area contributed by atoms with E-state index in [9.17, 15) is 4.79 Å². The molecular weight excluding hydrogens is 384 g/mol. The number of thioether (sulfide) groups is 1. The predicted molar refractivity (Wildman–Crippen MR) is 124 cm³/mol. The third-order valence-corrected chi connectivity index (χ3v) is 5.18. The molecule has 2 aromatic carbocycles. The number of allylic oxidation sites excluding steroid dienone is 3. The Morgan fingerprint density at radius 3 is 2.04 bits per heavy atom. The summed E-state index contributed by atoms with van der Waals surface area (Å²) in [7, 11) is 0. The average Bonchev–Trinajstić information content (AvgIpc) is 2.94. The summed E-state index contributed by atoms with van der Waals surface area (Å²) in [5.74, 6) is -0.195. The molecule has 1 heterocycles. The van der Waals surface area contributed by atoms with Gasteiger partial charge in [0.2, 0.25) is 0 Å². The first-order valence-corrected chi connectivity index (χ1v) is 10.0. The number of carbonyl (C=O) groups excluding carboxylic acids is 1. The van der Waals surface area contributed by atoms with Gasteiger partial charge in [0.15, 0.2) is 4.32 Å². The number of rotatable bonds is 5. The zero-order valence-corrected chi connectivity index (χ0v) is 17.3. The van der Waals surface area contributed by atoms with E-state index in [2.05, 4.69) is 5.10 Å². The van der Waals surface area contributed by atoms with Crippen molar-refractivity contribution < 1.29 is 4.79 Å². The van der Waals surface area contributed by atoms with Crippen LogP contribution in [0.4, 0.5) is 0 Å². The summed E-state index contributed by atoms with van der Waals surface area (Å²) in [6.45, 7) is 3.91. The van der Waals surface area contributed by atoms with Crippen molar-refractivity contribution in [2.75, 3.05) is 0 Å². The van der Waals surface area contributed by atoms with Gasteiger partial charge in [0.25, 0.3) is 5.91 Å². The van der Waals surface area contributed by atoms with Crippen LogP contribution in [0.15, 0.2) is 87.9 Å². The second kappa shape index (κ2) is 9.44. The Hall–Kier alpha value is -2.76. The Bertz CT molecular complexity index is 990. The number of thiocarbonyl (C=S) groups is 1. The van der Waals surface area contributed by atoms with Crippen LogP contribution >= 0.6 is 24.0 Å². The molecule has 0 aromatic heterocycles. The van der Waals surface area contributed by atoms with Gasteiger partial charge in [-0.15, -0.1) is 0 Å². The van der Waals surface area contributed by atoms with Gasteiger partial charge in [0.05, 0.1) is 11.1 Å². The summed E-state index contributed by atoms with van der Waals surface area (Å²) >= 11 is 6.60. The number of benzene rings is 2. The molecule has 0 N–H and O–H groups in total. The Balaban J connectivity index is 1.73. The van der Waals surface area contributed by atoms with Crippen molar-refractivity contribution in [2.45, 2.75) is 13.8 Å². The molecule has 0 atom stereocenters. The molecule has 140 valence electrons. The topological polar surface area (TPSA) is 32.7 Å². The zero-order valence-electron chi connectivity index (χ0n) is 15.7. The van der Waals surface area contributed by atoms with Gasteiger partial charge < -0.3 is 0 Å². The number of hydrazone groups is 1. The van der Waals surface area contributed by atoms with Gasteiger partial charge >= 0.3 is 0 Å². The summed E-state index contributed by atoms with van der Waals surface area (Å²) in [5, 5.41) is 5.57. The molecule has 3 nitrogen and oxygen atoms in total. The molecule has 0 radical (unpaired) electrons. The standard InChI is InChI=1S/C23H20N2OS2/c1-17(13-19-9-5-3-6-10-19)15-21-22(26)25(23(27)28-21)24-16-18(2)14-20-11-7-4-8-12-20/h3-16H,1-2H3/b17-13+,18-14+,21-15+,24-16-. The van der Waals surface area contributed by atoms with Crippen molar-refractivity contribution in [2.24, 2.45) is 5.10 Å². The molecule has 0 unspecified atom stereocenters. The molecule has 2 aromatic rings. The van der Waals surface area contributed by atoms with Crippen molar-refractivity contribution in [3.8, 4) is 0 Å². The lowest BCUT2D eigenvalue weighted by Gasteiger charge is -2.06. The highest BCUT2D eigenvalue weighted by Gasteiger charge is 2.31. The van der Waals surface area contributed by atoms with Crippen LogP contribution < -0.4 is 0 Å². The maximum absolute atomic E-state index is 12.7. The summed E-state index contributed by atoms with van der Waals surface area (Å²) in [6.07, 6.45) is 7.55. The highest BCUT2D eigenvalue weighted by atomic mass is 32.2. The zero-order chi connectivity index (χ0) is 19.9. The van der Waals surface area contributed by atoms with E-state index in [1.54, 1.807) is 6.21 Å². The minimum atomic E-state index is -0.195. The summed E-state index contributed by atoms with van der Waals surface area (Å²) in [6, 6.07) is 20.0. The fraction of sp³-hybridized carbons (Fsp3) is 0.0870. The van der Waals surface area contributed by atoms with E-state index in [4.69, 9.17) is 12.2 Å². The minimum absolute atomic E-state index is 0.195. The average molecular weight is 405 g/mol. The Morgan fingerprint density at radius 1 is 0.929 bits per heavy atom. The van der Waals surface area contributed by atoms with E-state index >= 15 is 0 Å². The summed E-state index contributed by atoms with van der Waals surface area (Å²) in [5.41, 5.74) is 4.09. The first kappa shape index (κ1) is 20.0. The molecule has 0 spiro atoms.